The summed E-state index contributed by atoms with van der Waals surface area (Å²) in [6.45, 7) is 6.03. The highest BCUT2D eigenvalue weighted by atomic mass is 35.5. The number of aromatic nitrogens is 4. The summed E-state index contributed by atoms with van der Waals surface area (Å²) in [7, 11) is 0. The number of rotatable bonds is 2. The minimum atomic E-state index is -0.355. The van der Waals surface area contributed by atoms with Crippen LogP contribution in [0.3, 0.4) is 0 Å². The van der Waals surface area contributed by atoms with Gasteiger partial charge in [0.15, 0.2) is 0 Å². The summed E-state index contributed by atoms with van der Waals surface area (Å²) in [6.07, 6.45) is 2.33. The number of nitrogens with zero attached hydrogens (tertiary/aromatic N) is 4. The fraction of sp³-hybridized carbons (Fsp3) is 0.318. The van der Waals surface area contributed by atoms with Gasteiger partial charge in [0.25, 0.3) is 5.91 Å². The molecule has 2 aliphatic heterocycles. The molecule has 4 aromatic rings. The lowest BCUT2D eigenvalue weighted by atomic mass is 10.1. The van der Waals surface area contributed by atoms with Crippen LogP contribution in [0.5, 0.6) is 11.8 Å². The summed E-state index contributed by atoms with van der Waals surface area (Å²) in [5.74, 6) is 0.621. The van der Waals surface area contributed by atoms with Crippen LogP contribution in [-0.2, 0) is 13.0 Å². The van der Waals surface area contributed by atoms with E-state index >= 15 is 0 Å². The van der Waals surface area contributed by atoms with E-state index in [9.17, 15) is 4.79 Å². The van der Waals surface area contributed by atoms with Gasteiger partial charge in [0.05, 0.1) is 39.7 Å². The number of thiophene rings is 1. The van der Waals surface area contributed by atoms with E-state index in [2.05, 4.69) is 35.9 Å². The van der Waals surface area contributed by atoms with Gasteiger partial charge in [-0.3, -0.25) is 4.79 Å². The Hall–Kier alpha value is -3.08. The Labute approximate surface area is 198 Å². The number of benzene rings is 1. The number of nitrogens with one attached hydrogen (secondary N) is 3. The summed E-state index contributed by atoms with van der Waals surface area (Å²) >= 11 is 7.56. The Bertz CT molecular complexity index is 1450. The zero-order valence-electron chi connectivity index (χ0n) is 18.0. The molecule has 168 valence electrons. The van der Waals surface area contributed by atoms with Crippen LogP contribution >= 0.6 is 22.9 Å². The molecule has 2 aliphatic rings. The number of amides is 1. The second-order valence-corrected chi connectivity index (χ2v) is 10.2. The largest absolute Gasteiger partial charge is 0.418 e. The fourth-order valence-corrected chi connectivity index (χ4v) is 5.47. The smallest absolute Gasteiger partial charge is 0.263 e. The number of ether oxygens (including phenoxy) is 1. The number of anilines is 1. The third-order valence-electron chi connectivity index (χ3n) is 5.78. The zero-order chi connectivity index (χ0) is 22.7. The van der Waals surface area contributed by atoms with Crippen LogP contribution in [0.15, 0.2) is 18.3 Å². The Morgan fingerprint density at radius 2 is 2.09 bits per heavy atom. The molecule has 11 heteroatoms. The van der Waals surface area contributed by atoms with E-state index in [0.29, 0.717) is 40.8 Å². The van der Waals surface area contributed by atoms with Gasteiger partial charge in [-0.1, -0.05) is 0 Å². The van der Waals surface area contributed by atoms with Crippen molar-refractivity contribution in [3.63, 3.8) is 0 Å². The number of carbonyl (C=O) groups is 1. The van der Waals surface area contributed by atoms with Gasteiger partial charge in [-0.2, -0.15) is 4.98 Å². The van der Waals surface area contributed by atoms with Gasteiger partial charge < -0.3 is 20.7 Å². The van der Waals surface area contributed by atoms with E-state index in [0.717, 1.165) is 40.0 Å². The molecule has 0 atom stereocenters. The molecule has 6 rings (SSSR count). The van der Waals surface area contributed by atoms with Crippen molar-refractivity contribution in [2.24, 2.45) is 0 Å². The third kappa shape index (κ3) is 3.54. The van der Waals surface area contributed by atoms with Crippen LogP contribution in [0, 0.1) is 0 Å². The molecule has 0 fully saturated rings. The molecule has 0 bridgehead atoms. The molecule has 0 aliphatic carbocycles. The average molecular weight is 482 g/mol. The summed E-state index contributed by atoms with van der Waals surface area (Å²) in [5.41, 5.74) is 3.58. The van der Waals surface area contributed by atoms with Gasteiger partial charge in [-0.25, -0.2) is 15.0 Å². The van der Waals surface area contributed by atoms with Gasteiger partial charge in [0, 0.05) is 36.1 Å². The van der Waals surface area contributed by atoms with Crippen molar-refractivity contribution in [2.75, 3.05) is 18.4 Å². The lowest BCUT2D eigenvalue weighted by molar-refractivity contribution is 0.0926. The Kier molecular flexibility index (Phi) is 4.65. The molecule has 0 radical (unpaired) electrons. The van der Waals surface area contributed by atoms with E-state index in [1.807, 2.05) is 26.0 Å². The highest BCUT2D eigenvalue weighted by Crippen LogP contribution is 2.41. The number of hydrogen-bond donors (Lipinski definition) is 3. The maximum atomic E-state index is 12.8. The van der Waals surface area contributed by atoms with Crippen molar-refractivity contribution in [1.82, 2.24) is 30.6 Å². The quantitative estimate of drug-likeness (QED) is 0.372. The molecule has 3 N–H and O–H groups in total. The van der Waals surface area contributed by atoms with Gasteiger partial charge in [-0.05, 0) is 37.6 Å². The van der Waals surface area contributed by atoms with Crippen molar-refractivity contribution in [3.05, 3.63) is 39.7 Å². The SMILES string of the molecule is CC1(C)CNc2c(sc3ccc4nc(Oc5nc(Cl)nc6c5CNCC6)cnc4c23)C(=O)N1. The second-order valence-electron chi connectivity index (χ2n) is 8.76. The molecule has 0 spiro atoms. The number of fused-ring (bicyclic) bond motifs is 6. The molecule has 5 heterocycles. The monoisotopic (exact) mass is 481 g/mol. The molecule has 1 amide bonds. The van der Waals surface area contributed by atoms with Gasteiger partial charge >= 0.3 is 0 Å². The van der Waals surface area contributed by atoms with Gasteiger partial charge in [0.1, 0.15) is 4.88 Å². The van der Waals surface area contributed by atoms with Crippen LogP contribution in [0.4, 0.5) is 5.69 Å². The fourth-order valence-electron chi connectivity index (χ4n) is 4.21. The van der Waals surface area contributed by atoms with Crippen molar-refractivity contribution in [1.29, 1.82) is 0 Å². The van der Waals surface area contributed by atoms with Gasteiger partial charge in [-0.15, -0.1) is 11.3 Å². The third-order valence-corrected chi connectivity index (χ3v) is 7.10. The molecule has 0 saturated carbocycles. The minimum Gasteiger partial charge on any atom is -0.418 e. The van der Waals surface area contributed by atoms with E-state index in [4.69, 9.17) is 16.3 Å². The normalized spacial score (nSPS) is 17.1. The molecule has 3 aromatic heterocycles. The topological polar surface area (TPSA) is 114 Å². The summed E-state index contributed by atoms with van der Waals surface area (Å²) in [5, 5.41) is 10.9. The standard InChI is InChI=1S/C22H20ClN7O2S/c1-22(2)9-26-17-15-13(33-18(17)19(31)30-22)4-3-12-16(15)25-8-14(27-12)32-20-10-7-24-6-5-11(10)28-21(23)29-20/h3-4,8,24,26H,5-7,9H2,1-2H3,(H,30,31). The van der Waals surface area contributed by atoms with Crippen molar-refractivity contribution in [3.8, 4) is 11.8 Å². The van der Waals surface area contributed by atoms with Crippen LogP contribution in [0.1, 0.15) is 34.8 Å². The lowest BCUT2D eigenvalue weighted by Crippen LogP contribution is -2.46. The van der Waals surface area contributed by atoms with Crippen LogP contribution < -0.4 is 20.7 Å². The van der Waals surface area contributed by atoms with E-state index < -0.39 is 0 Å². The number of hydrogen-bond acceptors (Lipinski definition) is 9. The molecular weight excluding hydrogens is 462 g/mol. The van der Waals surface area contributed by atoms with E-state index in [1.54, 1.807) is 6.20 Å². The molecule has 33 heavy (non-hydrogen) atoms. The summed E-state index contributed by atoms with van der Waals surface area (Å²) < 4.78 is 6.98. The first-order valence-corrected chi connectivity index (χ1v) is 11.8. The predicted octanol–water partition coefficient (Wildman–Crippen LogP) is 3.66. The number of carbonyl (C=O) groups excluding carboxylic acids is 1. The molecule has 0 saturated heterocycles. The van der Waals surface area contributed by atoms with Crippen LogP contribution in [0.2, 0.25) is 5.28 Å². The van der Waals surface area contributed by atoms with Gasteiger partial charge in [0.2, 0.25) is 17.0 Å². The maximum absolute atomic E-state index is 12.8. The minimum absolute atomic E-state index is 0.0821. The molecule has 9 nitrogen and oxygen atoms in total. The Morgan fingerprint density at radius 3 is 2.97 bits per heavy atom. The summed E-state index contributed by atoms with van der Waals surface area (Å²) in [4.78, 5) is 31.4. The maximum Gasteiger partial charge on any atom is 0.263 e. The lowest BCUT2D eigenvalue weighted by Gasteiger charge is -2.23. The van der Waals surface area contributed by atoms with Crippen molar-refractivity contribution in [2.45, 2.75) is 32.4 Å². The molecule has 1 aromatic carbocycles. The van der Waals surface area contributed by atoms with E-state index in [-0.39, 0.29) is 16.7 Å². The highest BCUT2D eigenvalue weighted by Gasteiger charge is 2.30. The van der Waals surface area contributed by atoms with Crippen LogP contribution in [-0.4, -0.2) is 44.5 Å². The first-order chi connectivity index (χ1) is 15.9. The van der Waals surface area contributed by atoms with E-state index in [1.165, 1.54) is 11.3 Å². The zero-order valence-corrected chi connectivity index (χ0v) is 19.5. The predicted molar refractivity (Wildman–Crippen MR) is 127 cm³/mol. The number of halogens is 1. The first kappa shape index (κ1) is 20.5. The molecular formula is C22H20ClN7O2S. The van der Waals surface area contributed by atoms with Crippen molar-refractivity contribution >= 4 is 55.7 Å². The average Bonchev–Trinajstić information content (AvgIpc) is 3.11. The Balaban J connectivity index is 1.43. The second kappa shape index (κ2) is 7.47. The van der Waals surface area contributed by atoms with Crippen LogP contribution in [0.25, 0.3) is 21.1 Å². The highest BCUT2D eigenvalue weighted by molar-refractivity contribution is 7.21. The Morgan fingerprint density at radius 1 is 1.21 bits per heavy atom. The summed E-state index contributed by atoms with van der Waals surface area (Å²) in [6, 6.07) is 3.85. The molecule has 0 unspecified atom stereocenters. The first-order valence-electron chi connectivity index (χ1n) is 10.6. The van der Waals surface area contributed by atoms with Crippen molar-refractivity contribution < 1.29 is 9.53 Å².